The molecule has 0 aliphatic heterocycles. The van der Waals surface area contributed by atoms with Crippen LogP contribution < -0.4 is 10.0 Å². The minimum absolute atomic E-state index is 0.0849. The van der Waals surface area contributed by atoms with Gasteiger partial charge in [-0.05, 0) is 134 Å². The molecule has 0 aromatic heterocycles. The van der Waals surface area contributed by atoms with Crippen LogP contribution in [0.2, 0.25) is 0 Å². The minimum Gasteiger partial charge on any atom is -0.393 e. The van der Waals surface area contributed by atoms with Gasteiger partial charge in [-0.15, -0.1) is 0 Å². The fourth-order valence-electron chi connectivity index (χ4n) is 11.9. The standard InChI is InChI=1S/C37H58N2O5S/c1-5-28-32-21-26(40)17-19-37(32,4)31-18-20-36(3)29(15-16-30(36)33(31)34(28)41)23(2)22-38-35(42)39-45(43,44)27-13-11-25(12-14-27)24-9-7-6-8-10-24/h11-14,23-24,26,28-34,40-41H,5-10,15-22H2,1-4H3,(H2,38,39,42)/t23-,26-,28-,29?,30+,31+,32+,33+,34-,36-,37-/m1/s1. The van der Waals surface area contributed by atoms with Crippen molar-refractivity contribution in [3.63, 3.8) is 0 Å². The Bertz CT molecular complexity index is 1310. The quantitative estimate of drug-likeness (QED) is 0.256. The van der Waals surface area contributed by atoms with Crippen molar-refractivity contribution in [2.45, 2.75) is 134 Å². The first-order chi connectivity index (χ1) is 21.4. The number of sulfonamides is 1. The fourth-order valence-corrected chi connectivity index (χ4v) is 12.8. The third-order valence-electron chi connectivity index (χ3n) is 14.2. The summed E-state index contributed by atoms with van der Waals surface area (Å²) >= 11 is 0. The molecule has 4 N–H and O–H groups in total. The van der Waals surface area contributed by atoms with Gasteiger partial charge in [0.05, 0.1) is 17.1 Å². The van der Waals surface area contributed by atoms with Gasteiger partial charge in [-0.25, -0.2) is 17.9 Å². The summed E-state index contributed by atoms with van der Waals surface area (Å²) < 4.78 is 28.3. The van der Waals surface area contributed by atoms with Gasteiger partial charge in [0.1, 0.15) is 0 Å². The van der Waals surface area contributed by atoms with E-state index in [2.05, 4.69) is 37.7 Å². The van der Waals surface area contributed by atoms with Crippen molar-refractivity contribution in [3.8, 4) is 0 Å². The second kappa shape index (κ2) is 12.8. The number of rotatable bonds is 7. The Labute approximate surface area is 271 Å². The number of hydrogen-bond acceptors (Lipinski definition) is 5. The van der Waals surface area contributed by atoms with Gasteiger partial charge < -0.3 is 15.5 Å². The summed E-state index contributed by atoms with van der Waals surface area (Å²) in [5, 5.41) is 25.4. The second-order valence-corrected chi connectivity index (χ2v) is 18.0. The van der Waals surface area contributed by atoms with Gasteiger partial charge >= 0.3 is 6.03 Å². The number of urea groups is 1. The summed E-state index contributed by atoms with van der Waals surface area (Å²) in [7, 11) is -3.96. The number of carbonyl (C=O) groups is 1. The van der Waals surface area contributed by atoms with Gasteiger partial charge in [-0.1, -0.05) is 65.5 Å². The molecule has 7 nitrogen and oxygen atoms in total. The lowest BCUT2D eigenvalue weighted by atomic mass is 9.41. The topological polar surface area (TPSA) is 116 Å². The monoisotopic (exact) mass is 642 g/mol. The van der Waals surface area contributed by atoms with E-state index in [1.807, 2.05) is 12.1 Å². The summed E-state index contributed by atoms with van der Waals surface area (Å²) in [5.41, 5.74) is 1.44. The summed E-state index contributed by atoms with van der Waals surface area (Å²) in [6, 6.07) is 6.38. The summed E-state index contributed by atoms with van der Waals surface area (Å²) in [5.74, 6) is 2.94. The van der Waals surface area contributed by atoms with Gasteiger partial charge in [0.2, 0.25) is 0 Å². The molecule has 8 heteroatoms. The van der Waals surface area contributed by atoms with E-state index < -0.39 is 16.1 Å². The number of nitrogens with one attached hydrogen (secondary N) is 2. The molecule has 0 saturated heterocycles. The van der Waals surface area contributed by atoms with E-state index in [1.54, 1.807) is 12.1 Å². The van der Waals surface area contributed by atoms with Crippen LogP contribution in [-0.2, 0) is 10.0 Å². The third kappa shape index (κ3) is 5.99. The molecule has 0 heterocycles. The Kier molecular flexibility index (Phi) is 9.43. The molecule has 11 atom stereocenters. The molecule has 1 aromatic carbocycles. The molecule has 0 spiro atoms. The Morgan fingerprint density at radius 2 is 1.58 bits per heavy atom. The largest absolute Gasteiger partial charge is 0.393 e. The summed E-state index contributed by atoms with van der Waals surface area (Å²) in [6.07, 6.45) is 13.6. The lowest BCUT2D eigenvalue weighted by Crippen LogP contribution is -2.62. The predicted octanol–water partition coefficient (Wildman–Crippen LogP) is 6.99. The Hall–Kier alpha value is -1.64. The normalized spacial score (nSPS) is 40.9. The molecule has 45 heavy (non-hydrogen) atoms. The molecule has 5 fully saturated rings. The van der Waals surface area contributed by atoms with Crippen LogP contribution in [-0.4, -0.2) is 43.4 Å². The van der Waals surface area contributed by atoms with Crippen LogP contribution in [0.15, 0.2) is 29.2 Å². The average Bonchev–Trinajstić information content (AvgIpc) is 3.38. The van der Waals surface area contributed by atoms with E-state index in [9.17, 15) is 23.4 Å². The van der Waals surface area contributed by atoms with Crippen molar-refractivity contribution < 1.29 is 23.4 Å². The highest BCUT2D eigenvalue weighted by atomic mass is 32.2. The van der Waals surface area contributed by atoms with Gasteiger partial charge in [0.15, 0.2) is 0 Å². The number of fused-ring (bicyclic) bond motifs is 5. The molecular formula is C37H58N2O5S. The van der Waals surface area contributed by atoms with E-state index in [4.69, 9.17) is 0 Å². The number of aliphatic hydroxyl groups is 2. The highest BCUT2D eigenvalue weighted by molar-refractivity contribution is 7.90. The van der Waals surface area contributed by atoms with Gasteiger partial charge in [-0.2, -0.15) is 0 Å². The first-order valence-electron chi connectivity index (χ1n) is 18.2. The zero-order chi connectivity index (χ0) is 32.1. The second-order valence-electron chi connectivity index (χ2n) is 16.3. The lowest BCUT2D eigenvalue weighted by molar-refractivity contribution is -0.203. The van der Waals surface area contributed by atoms with Gasteiger partial charge in [0.25, 0.3) is 10.0 Å². The van der Waals surface area contributed by atoms with E-state index in [-0.39, 0.29) is 45.7 Å². The van der Waals surface area contributed by atoms with Crippen LogP contribution in [0.3, 0.4) is 0 Å². The zero-order valence-electron chi connectivity index (χ0n) is 28.0. The molecule has 5 aliphatic carbocycles. The highest BCUT2D eigenvalue weighted by Gasteiger charge is 2.64. The molecule has 0 radical (unpaired) electrons. The third-order valence-corrected chi connectivity index (χ3v) is 15.6. The van der Waals surface area contributed by atoms with Crippen molar-refractivity contribution in [2.75, 3.05) is 6.54 Å². The van der Waals surface area contributed by atoms with Crippen molar-refractivity contribution in [1.82, 2.24) is 10.0 Å². The van der Waals surface area contributed by atoms with Crippen LogP contribution >= 0.6 is 0 Å². The number of hydrogen-bond donors (Lipinski definition) is 4. The number of amides is 2. The fraction of sp³-hybridized carbons (Fsp3) is 0.811. The SMILES string of the molecule is CC[C@H]1[C@@H](O)[C@@H]2[C@H](CC[C@]3(C)C([C@H](C)CNC(=O)NS(=O)(=O)c4ccc(C5CCCCC5)cc4)CC[C@@H]23)[C@@]2(C)CC[C@@H](O)C[C@@H]12. The molecule has 2 amide bonds. The summed E-state index contributed by atoms with van der Waals surface area (Å²) in [4.78, 5) is 13.0. The van der Waals surface area contributed by atoms with Crippen LogP contribution in [0.4, 0.5) is 4.79 Å². The van der Waals surface area contributed by atoms with E-state index in [0.29, 0.717) is 36.1 Å². The van der Waals surface area contributed by atoms with E-state index in [0.717, 1.165) is 64.2 Å². The van der Waals surface area contributed by atoms with Gasteiger partial charge in [0, 0.05) is 6.54 Å². The van der Waals surface area contributed by atoms with Crippen LogP contribution in [0.1, 0.15) is 123 Å². The maximum absolute atomic E-state index is 13.0. The lowest BCUT2D eigenvalue weighted by Gasteiger charge is -2.64. The van der Waals surface area contributed by atoms with Crippen molar-refractivity contribution in [2.24, 2.45) is 52.3 Å². The van der Waals surface area contributed by atoms with Crippen molar-refractivity contribution >= 4 is 16.1 Å². The predicted molar refractivity (Wildman–Crippen MR) is 177 cm³/mol. The molecule has 1 aromatic rings. The maximum atomic E-state index is 13.0. The van der Waals surface area contributed by atoms with E-state index >= 15 is 0 Å². The maximum Gasteiger partial charge on any atom is 0.328 e. The molecule has 6 rings (SSSR count). The first kappa shape index (κ1) is 33.3. The molecular weight excluding hydrogens is 584 g/mol. The van der Waals surface area contributed by atoms with E-state index in [1.165, 1.54) is 24.8 Å². The smallest absolute Gasteiger partial charge is 0.328 e. The Morgan fingerprint density at radius 3 is 2.27 bits per heavy atom. The minimum atomic E-state index is -3.96. The van der Waals surface area contributed by atoms with Crippen LogP contribution in [0.5, 0.6) is 0 Å². The van der Waals surface area contributed by atoms with Crippen LogP contribution in [0, 0.1) is 52.3 Å². The molecule has 5 aliphatic rings. The average molecular weight is 643 g/mol. The Morgan fingerprint density at radius 1 is 0.911 bits per heavy atom. The number of aliphatic hydroxyl groups excluding tert-OH is 2. The zero-order valence-corrected chi connectivity index (χ0v) is 28.8. The van der Waals surface area contributed by atoms with Crippen molar-refractivity contribution in [3.05, 3.63) is 29.8 Å². The number of benzene rings is 1. The Balaban J connectivity index is 1.08. The summed E-state index contributed by atoms with van der Waals surface area (Å²) in [6.45, 7) is 9.71. The van der Waals surface area contributed by atoms with Crippen molar-refractivity contribution in [1.29, 1.82) is 0 Å². The molecule has 5 saturated carbocycles. The molecule has 1 unspecified atom stereocenters. The first-order valence-corrected chi connectivity index (χ1v) is 19.6. The highest BCUT2D eigenvalue weighted by Crippen LogP contribution is 2.69. The van der Waals surface area contributed by atoms with Crippen LogP contribution in [0.25, 0.3) is 0 Å². The number of carbonyl (C=O) groups excluding carboxylic acids is 1. The van der Waals surface area contributed by atoms with Gasteiger partial charge in [-0.3, -0.25) is 0 Å². The molecule has 0 bridgehead atoms. The molecule has 252 valence electrons.